The fourth-order valence-electron chi connectivity index (χ4n) is 1.90. The number of nitro groups is 1. The molecule has 0 aromatic heterocycles. The largest absolute Gasteiger partial charge is 0.396 e. The Bertz CT molecular complexity index is 462. The van der Waals surface area contributed by atoms with Gasteiger partial charge in [0.2, 0.25) is 5.91 Å². The lowest BCUT2D eigenvalue weighted by Crippen LogP contribution is -2.29. The summed E-state index contributed by atoms with van der Waals surface area (Å²) in [5.74, 6) is -0.136. The molecule has 20 heavy (non-hydrogen) atoms. The van der Waals surface area contributed by atoms with Gasteiger partial charge < -0.3 is 10.0 Å². The van der Waals surface area contributed by atoms with Gasteiger partial charge in [-0.05, 0) is 19.3 Å². The summed E-state index contributed by atoms with van der Waals surface area (Å²) in [5, 5.41) is 19.5. The number of nitrogens with zero attached hydrogens (tertiary/aromatic N) is 2. The molecule has 0 aliphatic carbocycles. The van der Waals surface area contributed by atoms with Crippen molar-refractivity contribution in [2.24, 2.45) is 0 Å². The Morgan fingerprint density at radius 3 is 2.65 bits per heavy atom. The lowest BCUT2D eigenvalue weighted by Gasteiger charge is -2.17. The highest BCUT2D eigenvalue weighted by Gasteiger charge is 2.17. The van der Waals surface area contributed by atoms with Gasteiger partial charge in [-0.25, -0.2) is 0 Å². The minimum absolute atomic E-state index is 0.0190. The molecule has 0 atom stereocenters. The minimum atomic E-state index is -0.468. The molecule has 1 aromatic carbocycles. The second-order valence-corrected chi connectivity index (χ2v) is 4.66. The van der Waals surface area contributed by atoms with Crippen molar-refractivity contribution in [2.75, 3.05) is 20.2 Å². The van der Waals surface area contributed by atoms with Gasteiger partial charge >= 0.3 is 0 Å². The van der Waals surface area contributed by atoms with E-state index in [1.165, 1.54) is 6.07 Å². The van der Waals surface area contributed by atoms with Crippen molar-refractivity contribution in [3.05, 3.63) is 39.9 Å². The Labute approximate surface area is 118 Å². The molecule has 1 N–H and O–H groups in total. The van der Waals surface area contributed by atoms with Crippen LogP contribution in [0.2, 0.25) is 0 Å². The third kappa shape index (κ3) is 4.97. The van der Waals surface area contributed by atoms with E-state index in [-0.39, 0.29) is 24.6 Å². The SMILES string of the molecule is CN(CCCCCO)C(=O)Cc1ccccc1[N+](=O)[O-]. The van der Waals surface area contributed by atoms with E-state index in [4.69, 9.17) is 5.11 Å². The van der Waals surface area contributed by atoms with Crippen LogP contribution in [-0.4, -0.2) is 41.0 Å². The average molecular weight is 280 g/mol. The maximum Gasteiger partial charge on any atom is 0.273 e. The van der Waals surface area contributed by atoms with Gasteiger partial charge in [0.1, 0.15) is 0 Å². The number of carbonyl (C=O) groups is 1. The first-order chi connectivity index (χ1) is 9.56. The number of rotatable bonds is 8. The molecule has 6 nitrogen and oxygen atoms in total. The third-order valence-electron chi connectivity index (χ3n) is 3.11. The molecule has 0 bridgehead atoms. The molecule has 0 unspecified atom stereocenters. The van der Waals surface area contributed by atoms with E-state index in [2.05, 4.69) is 0 Å². The fraction of sp³-hybridized carbons (Fsp3) is 0.500. The molecular formula is C14H20N2O4. The predicted molar refractivity (Wildman–Crippen MR) is 75.4 cm³/mol. The van der Waals surface area contributed by atoms with Crippen LogP contribution in [0, 0.1) is 10.1 Å². The first-order valence-corrected chi connectivity index (χ1v) is 6.63. The van der Waals surface area contributed by atoms with Crippen LogP contribution < -0.4 is 0 Å². The summed E-state index contributed by atoms with van der Waals surface area (Å²) >= 11 is 0. The molecule has 0 spiro atoms. The third-order valence-corrected chi connectivity index (χ3v) is 3.11. The van der Waals surface area contributed by atoms with Crippen molar-refractivity contribution in [3.8, 4) is 0 Å². The number of hydrogen-bond acceptors (Lipinski definition) is 4. The Morgan fingerprint density at radius 1 is 1.30 bits per heavy atom. The molecule has 0 heterocycles. The summed E-state index contributed by atoms with van der Waals surface area (Å²) in [4.78, 5) is 24.0. The molecule has 1 rings (SSSR count). The molecule has 0 radical (unpaired) electrons. The number of aliphatic hydroxyl groups excluding tert-OH is 1. The van der Waals surface area contributed by atoms with Crippen molar-refractivity contribution < 1.29 is 14.8 Å². The van der Waals surface area contributed by atoms with Crippen molar-refractivity contribution in [3.63, 3.8) is 0 Å². The predicted octanol–water partition coefficient (Wildman–Crippen LogP) is 1.76. The molecular weight excluding hydrogens is 260 g/mol. The number of hydrogen-bond donors (Lipinski definition) is 1. The molecule has 0 fully saturated rings. The van der Waals surface area contributed by atoms with Crippen molar-refractivity contribution in [1.29, 1.82) is 0 Å². The van der Waals surface area contributed by atoms with Gasteiger partial charge in [-0.1, -0.05) is 18.2 Å². The number of nitro benzene ring substituents is 1. The molecule has 0 aliphatic heterocycles. The van der Waals surface area contributed by atoms with E-state index in [1.54, 1.807) is 30.1 Å². The van der Waals surface area contributed by atoms with E-state index < -0.39 is 4.92 Å². The van der Waals surface area contributed by atoms with Crippen LogP contribution in [0.15, 0.2) is 24.3 Å². The minimum Gasteiger partial charge on any atom is -0.396 e. The smallest absolute Gasteiger partial charge is 0.273 e. The molecule has 0 saturated carbocycles. The van der Waals surface area contributed by atoms with Gasteiger partial charge in [-0.2, -0.15) is 0 Å². The Kier molecular flexibility index (Phi) is 6.66. The highest BCUT2D eigenvalue weighted by molar-refractivity contribution is 5.79. The van der Waals surface area contributed by atoms with E-state index in [0.717, 1.165) is 19.3 Å². The highest BCUT2D eigenvalue weighted by Crippen LogP contribution is 2.18. The Morgan fingerprint density at radius 2 is 2.00 bits per heavy atom. The first-order valence-electron chi connectivity index (χ1n) is 6.63. The van der Waals surface area contributed by atoms with Crippen molar-refractivity contribution >= 4 is 11.6 Å². The molecule has 1 aromatic rings. The lowest BCUT2D eigenvalue weighted by atomic mass is 10.1. The summed E-state index contributed by atoms with van der Waals surface area (Å²) in [6.45, 7) is 0.757. The summed E-state index contributed by atoms with van der Waals surface area (Å²) in [5.41, 5.74) is 0.416. The number of unbranched alkanes of at least 4 members (excludes halogenated alkanes) is 2. The van der Waals surface area contributed by atoms with Crippen LogP contribution in [0.5, 0.6) is 0 Å². The topological polar surface area (TPSA) is 83.7 Å². The average Bonchev–Trinajstić information content (AvgIpc) is 2.43. The summed E-state index contributed by atoms with van der Waals surface area (Å²) < 4.78 is 0. The van der Waals surface area contributed by atoms with Crippen LogP contribution in [0.1, 0.15) is 24.8 Å². The van der Waals surface area contributed by atoms with E-state index in [1.807, 2.05) is 0 Å². The normalized spacial score (nSPS) is 10.3. The van der Waals surface area contributed by atoms with E-state index >= 15 is 0 Å². The summed E-state index contributed by atoms with van der Waals surface area (Å²) in [6, 6.07) is 6.29. The zero-order chi connectivity index (χ0) is 15.0. The number of aliphatic hydroxyl groups is 1. The van der Waals surface area contributed by atoms with Gasteiger partial charge in [0.05, 0.1) is 11.3 Å². The van der Waals surface area contributed by atoms with Gasteiger partial charge in [-0.3, -0.25) is 14.9 Å². The van der Waals surface area contributed by atoms with E-state index in [9.17, 15) is 14.9 Å². The van der Waals surface area contributed by atoms with Crippen LogP contribution in [0.3, 0.4) is 0 Å². The fourth-order valence-corrected chi connectivity index (χ4v) is 1.90. The van der Waals surface area contributed by atoms with Crippen LogP contribution >= 0.6 is 0 Å². The van der Waals surface area contributed by atoms with Crippen molar-refractivity contribution in [1.82, 2.24) is 4.90 Å². The number of amides is 1. The van der Waals surface area contributed by atoms with E-state index in [0.29, 0.717) is 12.1 Å². The van der Waals surface area contributed by atoms with Gasteiger partial charge in [0, 0.05) is 31.8 Å². The van der Waals surface area contributed by atoms with Crippen LogP contribution in [-0.2, 0) is 11.2 Å². The first kappa shape index (κ1) is 16.1. The molecule has 0 saturated heterocycles. The van der Waals surface area contributed by atoms with Gasteiger partial charge in [0.25, 0.3) is 5.69 Å². The number of benzene rings is 1. The molecule has 0 aliphatic rings. The Balaban J connectivity index is 2.55. The second kappa shape index (κ2) is 8.27. The highest BCUT2D eigenvalue weighted by atomic mass is 16.6. The molecule has 110 valence electrons. The standard InChI is InChI=1S/C14H20N2O4/c1-15(9-5-2-6-10-17)14(18)11-12-7-3-4-8-13(12)16(19)20/h3-4,7-8,17H,2,5-6,9-11H2,1H3. The van der Waals surface area contributed by atoms with Crippen LogP contribution in [0.4, 0.5) is 5.69 Å². The second-order valence-electron chi connectivity index (χ2n) is 4.66. The number of para-hydroxylation sites is 1. The van der Waals surface area contributed by atoms with Crippen molar-refractivity contribution in [2.45, 2.75) is 25.7 Å². The zero-order valence-electron chi connectivity index (χ0n) is 11.6. The monoisotopic (exact) mass is 280 g/mol. The van der Waals surface area contributed by atoms with Gasteiger partial charge in [0.15, 0.2) is 0 Å². The summed E-state index contributed by atoms with van der Waals surface area (Å²) in [7, 11) is 1.69. The maximum absolute atomic E-state index is 12.0. The quantitative estimate of drug-likeness (QED) is 0.447. The van der Waals surface area contributed by atoms with Crippen LogP contribution in [0.25, 0.3) is 0 Å². The lowest BCUT2D eigenvalue weighted by molar-refractivity contribution is -0.385. The molecule has 1 amide bonds. The summed E-state index contributed by atoms with van der Waals surface area (Å²) in [6.07, 6.45) is 2.44. The molecule has 6 heteroatoms. The maximum atomic E-state index is 12.0. The van der Waals surface area contributed by atoms with Gasteiger partial charge in [-0.15, -0.1) is 0 Å². The Hall–Kier alpha value is -1.95. The number of carbonyl (C=O) groups excluding carboxylic acids is 1. The number of likely N-dealkylation sites (N-methyl/N-ethyl adjacent to an activating group) is 1. The zero-order valence-corrected chi connectivity index (χ0v) is 11.6.